The molecule has 1 aromatic heterocycles. The number of hydrogen-bond acceptors (Lipinski definition) is 3. The maximum atomic E-state index is 9.01. The van der Waals surface area contributed by atoms with E-state index in [0.29, 0.717) is 5.69 Å². The Hall–Kier alpha value is -1.56. The number of nitriles is 1. The molecule has 0 aromatic carbocycles. The lowest BCUT2D eigenvalue weighted by atomic mass is 10.0. The van der Waals surface area contributed by atoms with Crippen LogP contribution >= 0.6 is 0 Å². The van der Waals surface area contributed by atoms with E-state index in [1.54, 1.807) is 6.20 Å². The molecule has 2 heterocycles. The normalized spacial score (nSPS) is 19.8. The molecule has 1 saturated heterocycles. The summed E-state index contributed by atoms with van der Waals surface area (Å²) in [5.74, 6) is 0.789. The van der Waals surface area contributed by atoms with Crippen LogP contribution in [0.2, 0.25) is 0 Å². The summed E-state index contributed by atoms with van der Waals surface area (Å²) >= 11 is 0. The van der Waals surface area contributed by atoms with Crippen molar-refractivity contribution in [2.45, 2.75) is 26.2 Å². The van der Waals surface area contributed by atoms with E-state index in [-0.39, 0.29) is 0 Å². The molecule has 16 heavy (non-hydrogen) atoms. The molecule has 2 rings (SSSR count). The molecule has 0 spiro atoms. The average molecular weight is 215 g/mol. The average Bonchev–Trinajstić information content (AvgIpc) is 2.78. The van der Waals surface area contributed by atoms with Crippen LogP contribution in [-0.4, -0.2) is 18.1 Å². The highest BCUT2D eigenvalue weighted by molar-refractivity contribution is 5.56. The van der Waals surface area contributed by atoms with Crippen molar-refractivity contribution in [3.63, 3.8) is 0 Å². The zero-order valence-electron chi connectivity index (χ0n) is 9.69. The van der Waals surface area contributed by atoms with Crippen molar-refractivity contribution in [3.05, 3.63) is 24.0 Å². The highest BCUT2D eigenvalue weighted by Gasteiger charge is 2.23. The van der Waals surface area contributed by atoms with E-state index in [4.69, 9.17) is 5.26 Å². The zero-order chi connectivity index (χ0) is 11.4. The molecular weight excluding hydrogens is 198 g/mol. The first-order valence-electron chi connectivity index (χ1n) is 5.95. The van der Waals surface area contributed by atoms with E-state index in [2.05, 4.69) is 22.9 Å². The first kappa shape index (κ1) is 10.9. The number of hydrogen-bond donors (Lipinski definition) is 0. The van der Waals surface area contributed by atoms with Crippen molar-refractivity contribution < 1.29 is 0 Å². The first-order chi connectivity index (χ1) is 7.85. The van der Waals surface area contributed by atoms with E-state index in [9.17, 15) is 0 Å². The molecule has 0 radical (unpaired) electrons. The van der Waals surface area contributed by atoms with Crippen LogP contribution in [0.25, 0.3) is 0 Å². The van der Waals surface area contributed by atoms with Crippen LogP contribution in [0.15, 0.2) is 18.3 Å². The fourth-order valence-corrected chi connectivity index (χ4v) is 2.43. The molecule has 1 aliphatic heterocycles. The quantitative estimate of drug-likeness (QED) is 0.778. The first-order valence-corrected chi connectivity index (χ1v) is 5.95. The summed E-state index contributed by atoms with van der Waals surface area (Å²) in [4.78, 5) is 6.41. The van der Waals surface area contributed by atoms with E-state index in [1.165, 1.54) is 19.3 Å². The predicted molar refractivity (Wildman–Crippen MR) is 64.2 cm³/mol. The number of aromatic nitrogens is 1. The predicted octanol–water partition coefficient (Wildman–Crippen LogP) is 2.58. The maximum absolute atomic E-state index is 9.01. The van der Waals surface area contributed by atoms with Crippen molar-refractivity contribution in [2.75, 3.05) is 18.0 Å². The van der Waals surface area contributed by atoms with Crippen molar-refractivity contribution in [3.8, 4) is 6.07 Å². The summed E-state index contributed by atoms with van der Waals surface area (Å²) in [5.41, 5.74) is 1.56. The standard InChI is InChI=1S/C13H17N3/c1-2-4-11-6-8-16(10-11)13-5-3-7-15-12(13)9-14/h3,5,7,11H,2,4,6,8,10H2,1H3. The number of nitrogens with zero attached hydrogens (tertiary/aromatic N) is 3. The largest absolute Gasteiger partial charge is 0.369 e. The van der Waals surface area contributed by atoms with Gasteiger partial charge in [-0.25, -0.2) is 4.98 Å². The fraction of sp³-hybridized carbons (Fsp3) is 0.538. The maximum Gasteiger partial charge on any atom is 0.163 e. The molecule has 0 amide bonds. The van der Waals surface area contributed by atoms with Gasteiger partial charge in [0.15, 0.2) is 5.69 Å². The highest BCUT2D eigenvalue weighted by Crippen LogP contribution is 2.27. The van der Waals surface area contributed by atoms with E-state index < -0.39 is 0 Å². The van der Waals surface area contributed by atoms with Gasteiger partial charge in [0, 0.05) is 19.3 Å². The van der Waals surface area contributed by atoms with Crippen molar-refractivity contribution in [1.29, 1.82) is 5.26 Å². The minimum atomic E-state index is 0.555. The van der Waals surface area contributed by atoms with Crippen molar-refractivity contribution in [2.24, 2.45) is 5.92 Å². The summed E-state index contributed by atoms with van der Waals surface area (Å²) in [6, 6.07) is 6.07. The highest BCUT2D eigenvalue weighted by atomic mass is 15.2. The third kappa shape index (κ3) is 2.16. The Morgan fingerprint density at radius 2 is 2.50 bits per heavy atom. The van der Waals surface area contributed by atoms with Crippen LogP contribution in [0.3, 0.4) is 0 Å². The lowest BCUT2D eigenvalue weighted by molar-refractivity contribution is 0.530. The van der Waals surface area contributed by atoms with Crippen molar-refractivity contribution in [1.82, 2.24) is 4.98 Å². The Labute approximate surface area is 96.7 Å². The Bertz CT molecular complexity index is 394. The second-order valence-electron chi connectivity index (χ2n) is 4.37. The summed E-state index contributed by atoms with van der Waals surface area (Å²) in [6.45, 7) is 4.37. The second-order valence-corrected chi connectivity index (χ2v) is 4.37. The smallest absolute Gasteiger partial charge is 0.163 e. The Kier molecular flexibility index (Phi) is 3.40. The van der Waals surface area contributed by atoms with Crippen LogP contribution in [0.4, 0.5) is 5.69 Å². The summed E-state index contributed by atoms with van der Waals surface area (Å²) in [6.07, 6.45) is 5.46. The number of pyridine rings is 1. The van der Waals surface area contributed by atoms with Crippen LogP contribution in [0, 0.1) is 17.2 Å². The minimum Gasteiger partial charge on any atom is -0.369 e. The molecule has 0 saturated carbocycles. The van der Waals surface area contributed by atoms with Gasteiger partial charge in [0.05, 0.1) is 5.69 Å². The van der Waals surface area contributed by atoms with Gasteiger partial charge in [0.1, 0.15) is 6.07 Å². The van der Waals surface area contributed by atoms with Gasteiger partial charge in [-0.05, 0) is 30.9 Å². The molecule has 1 fully saturated rings. The molecule has 0 N–H and O–H groups in total. The van der Waals surface area contributed by atoms with Gasteiger partial charge in [-0.15, -0.1) is 0 Å². The molecule has 0 bridgehead atoms. The second kappa shape index (κ2) is 4.98. The Balaban J connectivity index is 2.12. The summed E-state index contributed by atoms with van der Waals surface area (Å²) < 4.78 is 0. The molecule has 84 valence electrons. The van der Waals surface area contributed by atoms with Crippen LogP contribution in [0.1, 0.15) is 31.9 Å². The molecule has 3 nitrogen and oxygen atoms in total. The Morgan fingerprint density at radius 3 is 3.25 bits per heavy atom. The van der Waals surface area contributed by atoms with E-state index >= 15 is 0 Å². The van der Waals surface area contributed by atoms with Gasteiger partial charge < -0.3 is 4.90 Å². The Morgan fingerprint density at radius 1 is 1.62 bits per heavy atom. The number of rotatable bonds is 3. The summed E-state index contributed by atoms with van der Waals surface area (Å²) in [7, 11) is 0. The molecular formula is C13H17N3. The third-order valence-corrected chi connectivity index (χ3v) is 3.22. The molecule has 1 unspecified atom stereocenters. The lowest BCUT2D eigenvalue weighted by Gasteiger charge is -2.19. The van der Waals surface area contributed by atoms with Gasteiger partial charge >= 0.3 is 0 Å². The topological polar surface area (TPSA) is 39.9 Å². The fourth-order valence-electron chi connectivity index (χ4n) is 2.43. The number of anilines is 1. The van der Waals surface area contributed by atoms with Crippen LogP contribution in [0.5, 0.6) is 0 Å². The van der Waals surface area contributed by atoms with Gasteiger partial charge in [0.2, 0.25) is 0 Å². The minimum absolute atomic E-state index is 0.555. The zero-order valence-corrected chi connectivity index (χ0v) is 9.69. The third-order valence-electron chi connectivity index (χ3n) is 3.22. The van der Waals surface area contributed by atoms with Gasteiger partial charge in [0.25, 0.3) is 0 Å². The van der Waals surface area contributed by atoms with E-state index in [0.717, 1.165) is 24.7 Å². The molecule has 3 heteroatoms. The monoisotopic (exact) mass is 215 g/mol. The van der Waals surface area contributed by atoms with Crippen LogP contribution in [-0.2, 0) is 0 Å². The summed E-state index contributed by atoms with van der Waals surface area (Å²) in [5, 5.41) is 9.01. The van der Waals surface area contributed by atoms with E-state index in [1.807, 2.05) is 12.1 Å². The van der Waals surface area contributed by atoms with Gasteiger partial charge in [-0.2, -0.15) is 5.26 Å². The van der Waals surface area contributed by atoms with Gasteiger partial charge in [-0.1, -0.05) is 13.3 Å². The van der Waals surface area contributed by atoms with Crippen molar-refractivity contribution >= 4 is 5.69 Å². The molecule has 1 aromatic rings. The molecule has 1 aliphatic rings. The molecule has 0 aliphatic carbocycles. The van der Waals surface area contributed by atoms with Gasteiger partial charge in [-0.3, -0.25) is 0 Å². The SMILES string of the molecule is CCCC1CCN(c2cccnc2C#N)C1. The van der Waals surface area contributed by atoms with Crippen LogP contribution < -0.4 is 4.90 Å². The molecule has 1 atom stereocenters. The lowest BCUT2D eigenvalue weighted by Crippen LogP contribution is -2.20.